The van der Waals surface area contributed by atoms with Crippen LogP contribution in [0.15, 0.2) is 17.9 Å². The fraction of sp³-hybridized carbons (Fsp3) is 0. The summed E-state index contributed by atoms with van der Waals surface area (Å²) in [6.07, 6.45) is 3.50. The van der Waals surface area contributed by atoms with Crippen LogP contribution in [0.25, 0.3) is 9.88 Å². The van der Waals surface area contributed by atoms with E-state index in [1.165, 1.54) is 11.3 Å². The standard InChI is InChI=1S/C6H3N2S2/c1-2-9-6(8-1)5-3-7-4-10-5/h1,3-4H. The van der Waals surface area contributed by atoms with Gasteiger partial charge >= 0.3 is 0 Å². The first-order chi connectivity index (χ1) is 4.97. The topological polar surface area (TPSA) is 25.8 Å². The molecular weight excluding hydrogens is 164 g/mol. The maximum Gasteiger partial charge on any atom is 0.135 e. The minimum Gasteiger partial charge on any atom is -0.252 e. The van der Waals surface area contributed by atoms with Crippen molar-refractivity contribution in [3.8, 4) is 9.88 Å². The molecule has 0 aromatic carbocycles. The lowest BCUT2D eigenvalue weighted by Gasteiger charge is -1.81. The van der Waals surface area contributed by atoms with Gasteiger partial charge in [-0.05, 0) is 0 Å². The number of hydrogen-bond donors (Lipinski definition) is 0. The van der Waals surface area contributed by atoms with Crippen molar-refractivity contribution >= 4 is 22.7 Å². The lowest BCUT2D eigenvalue weighted by Crippen LogP contribution is -1.64. The van der Waals surface area contributed by atoms with Crippen LogP contribution in [-0.2, 0) is 0 Å². The van der Waals surface area contributed by atoms with E-state index < -0.39 is 0 Å². The third kappa shape index (κ3) is 0.955. The number of rotatable bonds is 1. The van der Waals surface area contributed by atoms with Crippen LogP contribution in [-0.4, -0.2) is 9.97 Å². The van der Waals surface area contributed by atoms with E-state index in [0.717, 1.165) is 9.88 Å². The molecule has 0 saturated carbocycles. The molecular formula is C6H3N2S2. The molecule has 10 heavy (non-hydrogen) atoms. The van der Waals surface area contributed by atoms with Gasteiger partial charge in [0, 0.05) is 12.4 Å². The average Bonchev–Trinajstić information content (AvgIpc) is 2.59. The van der Waals surface area contributed by atoms with E-state index in [1.807, 2.05) is 6.20 Å². The maximum atomic E-state index is 4.09. The van der Waals surface area contributed by atoms with Gasteiger partial charge in [-0.1, -0.05) is 0 Å². The normalized spacial score (nSPS) is 10.0. The fourth-order valence-corrected chi connectivity index (χ4v) is 1.88. The van der Waals surface area contributed by atoms with Crippen LogP contribution in [0.2, 0.25) is 0 Å². The van der Waals surface area contributed by atoms with Crippen LogP contribution in [0.3, 0.4) is 0 Å². The second-order valence-electron chi connectivity index (χ2n) is 1.65. The highest BCUT2D eigenvalue weighted by Gasteiger charge is 1.99. The third-order valence-corrected chi connectivity index (χ3v) is 2.68. The van der Waals surface area contributed by atoms with Crippen LogP contribution in [0, 0.1) is 5.38 Å². The highest BCUT2D eigenvalue weighted by Crippen LogP contribution is 2.23. The summed E-state index contributed by atoms with van der Waals surface area (Å²) in [6.45, 7) is 0. The molecule has 0 amide bonds. The molecule has 2 aromatic rings. The zero-order chi connectivity index (χ0) is 6.81. The fourth-order valence-electron chi connectivity index (χ4n) is 0.629. The van der Waals surface area contributed by atoms with Gasteiger partial charge in [-0.2, -0.15) is 0 Å². The molecule has 2 aromatic heterocycles. The second kappa shape index (κ2) is 2.48. The summed E-state index contributed by atoms with van der Waals surface area (Å²) in [7, 11) is 0. The van der Waals surface area contributed by atoms with Gasteiger partial charge in [-0.25, -0.2) is 4.98 Å². The zero-order valence-electron chi connectivity index (χ0n) is 4.94. The molecule has 4 heteroatoms. The van der Waals surface area contributed by atoms with Gasteiger partial charge in [0.25, 0.3) is 0 Å². The van der Waals surface area contributed by atoms with Crippen molar-refractivity contribution in [1.82, 2.24) is 9.97 Å². The summed E-state index contributed by atoms with van der Waals surface area (Å²) in [4.78, 5) is 9.16. The van der Waals surface area contributed by atoms with Crippen LogP contribution >= 0.6 is 22.7 Å². The Bertz CT molecular complexity index is 253. The van der Waals surface area contributed by atoms with E-state index in [4.69, 9.17) is 0 Å². The first-order valence-electron chi connectivity index (χ1n) is 2.67. The zero-order valence-corrected chi connectivity index (χ0v) is 6.58. The third-order valence-electron chi connectivity index (χ3n) is 1.03. The Balaban J connectivity index is 2.48. The van der Waals surface area contributed by atoms with Crippen LogP contribution in [0.4, 0.5) is 0 Å². The average molecular weight is 167 g/mol. The summed E-state index contributed by atoms with van der Waals surface area (Å²) in [5.74, 6) is 0. The Hall–Kier alpha value is -0.740. The summed E-state index contributed by atoms with van der Waals surface area (Å²) < 4.78 is 0. The molecule has 0 aliphatic heterocycles. The van der Waals surface area contributed by atoms with E-state index in [2.05, 4.69) is 15.3 Å². The smallest absolute Gasteiger partial charge is 0.135 e. The number of aromatic nitrogens is 2. The van der Waals surface area contributed by atoms with Crippen LogP contribution < -0.4 is 0 Å². The lowest BCUT2D eigenvalue weighted by molar-refractivity contribution is 1.39. The molecule has 2 nitrogen and oxygen atoms in total. The van der Waals surface area contributed by atoms with Gasteiger partial charge in [0.05, 0.1) is 15.8 Å². The van der Waals surface area contributed by atoms with Gasteiger partial charge in [0.15, 0.2) is 0 Å². The van der Waals surface area contributed by atoms with Gasteiger partial charge in [0.1, 0.15) is 5.01 Å². The van der Waals surface area contributed by atoms with Crippen molar-refractivity contribution in [3.05, 3.63) is 23.3 Å². The van der Waals surface area contributed by atoms with Crippen molar-refractivity contribution < 1.29 is 0 Å². The highest BCUT2D eigenvalue weighted by atomic mass is 32.1. The van der Waals surface area contributed by atoms with E-state index in [-0.39, 0.29) is 0 Å². The van der Waals surface area contributed by atoms with Crippen molar-refractivity contribution in [2.75, 3.05) is 0 Å². The maximum absolute atomic E-state index is 4.09. The Kier molecular flexibility index (Phi) is 1.49. The quantitative estimate of drug-likeness (QED) is 0.649. The molecule has 2 heterocycles. The second-order valence-corrected chi connectivity index (χ2v) is 3.36. The predicted octanol–water partition coefficient (Wildman–Crippen LogP) is 2.07. The summed E-state index contributed by atoms with van der Waals surface area (Å²) >= 11 is 3.11. The molecule has 0 unspecified atom stereocenters. The Morgan fingerprint density at radius 2 is 2.50 bits per heavy atom. The first kappa shape index (κ1) is 6.00. The Morgan fingerprint density at radius 3 is 3.10 bits per heavy atom. The molecule has 0 N–H and O–H groups in total. The van der Waals surface area contributed by atoms with E-state index in [9.17, 15) is 0 Å². The van der Waals surface area contributed by atoms with Crippen molar-refractivity contribution in [1.29, 1.82) is 0 Å². The SMILES string of the molecule is [c]1cnc(-c2cncs2)s1. The Morgan fingerprint density at radius 1 is 1.50 bits per heavy atom. The minimum atomic E-state index is 1.00. The Labute approximate surface area is 66.2 Å². The van der Waals surface area contributed by atoms with Crippen molar-refractivity contribution in [3.63, 3.8) is 0 Å². The van der Waals surface area contributed by atoms with E-state index >= 15 is 0 Å². The van der Waals surface area contributed by atoms with Crippen LogP contribution in [0.1, 0.15) is 0 Å². The van der Waals surface area contributed by atoms with E-state index in [1.54, 1.807) is 23.0 Å². The van der Waals surface area contributed by atoms with Crippen LogP contribution in [0.5, 0.6) is 0 Å². The number of nitrogens with zero attached hydrogens (tertiary/aromatic N) is 2. The van der Waals surface area contributed by atoms with Gasteiger partial charge in [-0.15, -0.1) is 22.7 Å². The predicted molar refractivity (Wildman–Crippen MR) is 42.1 cm³/mol. The largest absolute Gasteiger partial charge is 0.252 e. The molecule has 0 spiro atoms. The van der Waals surface area contributed by atoms with Gasteiger partial charge in [0.2, 0.25) is 0 Å². The van der Waals surface area contributed by atoms with Crippen molar-refractivity contribution in [2.45, 2.75) is 0 Å². The minimum absolute atomic E-state index is 1.00. The molecule has 0 atom stereocenters. The highest BCUT2D eigenvalue weighted by molar-refractivity contribution is 7.19. The lowest BCUT2D eigenvalue weighted by atomic mass is 10.6. The molecule has 0 aliphatic rings. The molecule has 0 aliphatic carbocycles. The molecule has 49 valence electrons. The molecule has 0 fully saturated rings. The summed E-state index contributed by atoms with van der Waals surface area (Å²) in [6, 6.07) is 0. The molecule has 0 bridgehead atoms. The monoisotopic (exact) mass is 167 g/mol. The van der Waals surface area contributed by atoms with Gasteiger partial charge in [-0.3, -0.25) is 4.98 Å². The van der Waals surface area contributed by atoms with Crippen molar-refractivity contribution in [2.24, 2.45) is 0 Å². The number of thiazole rings is 2. The number of hydrogen-bond acceptors (Lipinski definition) is 4. The summed E-state index contributed by atoms with van der Waals surface area (Å²) in [5.41, 5.74) is 1.80. The van der Waals surface area contributed by atoms with Gasteiger partial charge < -0.3 is 0 Å². The van der Waals surface area contributed by atoms with E-state index in [0.29, 0.717) is 0 Å². The molecule has 1 radical (unpaired) electrons. The molecule has 2 rings (SSSR count). The first-order valence-corrected chi connectivity index (χ1v) is 4.37. The summed E-state index contributed by atoms with van der Waals surface area (Å²) in [5, 5.41) is 3.93. The molecule has 0 saturated heterocycles.